The van der Waals surface area contributed by atoms with Crippen molar-refractivity contribution in [3.63, 3.8) is 0 Å². The SMILES string of the molecule is CC(NC(=O)C1CC1c1cccc2[nH]ccc12)c1ccc(OCC(F)(F)F)nc1. The first kappa shape index (κ1) is 19.3. The van der Waals surface area contributed by atoms with Gasteiger partial charge >= 0.3 is 6.18 Å². The molecular weight excluding hydrogens is 383 g/mol. The molecule has 0 aliphatic heterocycles. The smallest absolute Gasteiger partial charge is 0.422 e. The number of ether oxygens (including phenoxy) is 1. The van der Waals surface area contributed by atoms with Gasteiger partial charge in [-0.2, -0.15) is 13.2 Å². The Hall–Kier alpha value is -3.03. The number of hydrogen-bond acceptors (Lipinski definition) is 3. The number of aromatic nitrogens is 2. The number of nitrogens with zero attached hydrogens (tertiary/aromatic N) is 1. The highest BCUT2D eigenvalue weighted by molar-refractivity contribution is 5.88. The van der Waals surface area contributed by atoms with Crippen molar-refractivity contribution in [2.24, 2.45) is 5.92 Å². The van der Waals surface area contributed by atoms with E-state index in [1.165, 1.54) is 17.8 Å². The predicted molar refractivity (Wildman–Crippen MR) is 101 cm³/mol. The summed E-state index contributed by atoms with van der Waals surface area (Å²) in [5.74, 6) is -0.0304. The number of hydrogen-bond donors (Lipinski definition) is 2. The lowest BCUT2D eigenvalue weighted by atomic mass is 10.0. The molecule has 2 aromatic heterocycles. The molecule has 1 amide bonds. The second-order valence-corrected chi connectivity index (χ2v) is 7.30. The van der Waals surface area contributed by atoms with Crippen LogP contribution in [0.2, 0.25) is 0 Å². The van der Waals surface area contributed by atoms with E-state index in [2.05, 4.69) is 26.1 Å². The van der Waals surface area contributed by atoms with E-state index in [0.29, 0.717) is 5.56 Å². The Bertz CT molecular complexity index is 1010. The maximum absolute atomic E-state index is 12.6. The number of pyridine rings is 1. The van der Waals surface area contributed by atoms with Crippen LogP contribution in [0.5, 0.6) is 5.88 Å². The van der Waals surface area contributed by atoms with Gasteiger partial charge in [-0.1, -0.05) is 18.2 Å². The summed E-state index contributed by atoms with van der Waals surface area (Å²) in [5, 5.41) is 4.11. The number of benzene rings is 1. The quantitative estimate of drug-likeness (QED) is 0.638. The molecule has 2 heterocycles. The van der Waals surface area contributed by atoms with Crippen LogP contribution in [-0.2, 0) is 4.79 Å². The number of alkyl halides is 3. The molecular formula is C21H20F3N3O2. The summed E-state index contributed by atoms with van der Waals surface area (Å²) in [6.07, 6.45) is -0.303. The molecule has 3 atom stereocenters. The molecule has 29 heavy (non-hydrogen) atoms. The molecule has 1 aliphatic carbocycles. The minimum Gasteiger partial charge on any atom is -0.468 e. The number of nitrogens with one attached hydrogen (secondary N) is 2. The average Bonchev–Trinajstić information content (AvgIpc) is 3.34. The van der Waals surface area contributed by atoms with Crippen LogP contribution in [-0.4, -0.2) is 28.7 Å². The van der Waals surface area contributed by atoms with Gasteiger partial charge in [-0.3, -0.25) is 4.79 Å². The fourth-order valence-corrected chi connectivity index (χ4v) is 3.55. The third-order valence-electron chi connectivity index (χ3n) is 5.16. The molecule has 0 radical (unpaired) electrons. The van der Waals surface area contributed by atoms with Crippen molar-refractivity contribution < 1.29 is 22.7 Å². The maximum Gasteiger partial charge on any atom is 0.422 e. The Morgan fingerprint density at radius 2 is 2.14 bits per heavy atom. The first-order chi connectivity index (χ1) is 13.8. The molecule has 2 N–H and O–H groups in total. The Morgan fingerprint density at radius 3 is 2.86 bits per heavy atom. The summed E-state index contributed by atoms with van der Waals surface area (Å²) >= 11 is 0. The zero-order valence-corrected chi connectivity index (χ0v) is 15.7. The Balaban J connectivity index is 1.35. The first-order valence-corrected chi connectivity index (χ1v) is 9.34. The summed E-state index contributed by atoms with van der Waals surface area (Å²) in [6, 6.07) is 10.7. The number of halogens is 3. The minimum atomic E-state index is -4.41. The Morgan fingerprint density at radius 1 is 1.31 bits per heavy atom. The van der Waals surface area contributed by atoms with E-state index in [1.807, 2.05) is 31.3 Å². The molecule has 5 nitrogen and oxygen atoms in total. The standard InChI is InChI=1S/C21H20F3N3O2/c1-12(13-5-6-19(26-10-13)29-11-21(22,23)24)27-20(28)17-9-16(17)14-3-2-4-18-15(14)7-8-25-18/h2-8,10,12,16-17,25H,9,11H2,1H3,(H,27,28). The van der Waals surface area contributed by atoms with Gasteiger partial charge in [0.25, 0.3) is 0 Å². The van der Waals surface area contributed by atoms with E-state index < -0.39 is 12.8 Å². The van der Waals surface area contributed by atoms with Crippen LogP contribution in [0.1, 0.15) is 36.4 Å². The summed E-state index contributed by atoms with van der Waals surface area (Å²) in [5.41, 5.74) is 2.92. The summed E-state index contributed by atoms with van der Waals surface area (Å²) < 4.78 is 41.2. The van der Waals surface area contributed by atoms with Crippen molar-refractivity contribution in [1.82, 2.24) is 15.3 Å². The van der Waals surface area contributed by atoms with Gasteiger partial charge in [0.05, 0.1) is 6.04 Å². The molecule has 1 saturated carbocycles. The van der Waals surface area contributed by atoms with Crippen LogP contribution in [0.4, 0.5) is 13.2 Å². The van der Waals surface area contributed by atoms with Crippen LogP contribution in [0.3, 0.4) is 0 Å². The molecule has 152 valence electrons. The van der Waals surface area contributed by atoms with Gasteiger partial charge < -0.3 is 15.0 Å². The molecule has 4 rings (SSSR count). The van der Waals surface area contributed by atoms with Crippen molar-refractivity contribution in [3.05, 3.63) is 59.9 Å². The zero-order chi connectivity index (χ0) is 20.6. The number of fused-ring (bicyclic) bond motifs is 1. The molecule has 8 heteroatoms. The maximum atomic E-state index is 12.6. The third-order valence-corrected chi connectivity index (χ3v) is 5.16. The molecule has 3 unspecified atom stereocenters. The summed E-state index contributed by atoms with van der Waals surface area (Å²) in [6.45, 7) is 0.429. The van der Waals surface area contributed by atoms with Crippen molar-refractivity contribution in [1.29, 1.82) is 0 Å². The number of H-pyrrole nitrogens is 1. The second kappa shape index (κ2) is 7.42. The average molecular weight is 403 g/mol. The van der Waals surface area contributed by atoms with Crippen molar-refractivity contribution in [3.8, 4) is 5.88 Å². The van der Waals surface area contributed by atoms with Crippen LogP contribution in [0.15, 0.2) is 48.8 Å². The van der Waals surface area contributed by atoms with Crippen molar-refractivity contribution in [2.45, 2.75) is 31.5 Å². The van der Waals surface area contributed by atoms with E-state index in [9.17, 15) is 18.0 Å². The molecule has 0 bridgehead atoms. The molecule has 1 aromatic carbocycles. The van der Waals surface area contributed by atoms with Gasteiger partial charge in [-0.15, -0.1) is 0 Å². The zero-order valence-electron chi connectivity index (χ0n) is 15.7. The predicted octanol–water partition coefficient (Wildman–Crippen LogP) is 4.48. The van der Waals surface area contributed by atoms with Gasteiger partial charge in [0, 0.05) is 35.3 Å². The third kappa shape index (κ3) is 4.36. The number of carbonyl (C=O) groups excluding carboxylic acids is 1. The topological polar surface area (TPSA) is 67.0 Å². The van der Waals surface area contributed by atoms with E-state index in [1.54, 1.807) is 6.07 Å². The largest absolute Gasteiger partial charge is 0.468 e. The monoisotopic (exact) mass is 403 g/mol. The van der Waals surface area contributed by atoms with Crippen LogP contribution in [0.25, 0.3) is 10.9 Å². The Labute approximate surface area is 165 Å². The van der Waals surface area contributed by atoms with Crippen molar-refractivity contribution >= 4 is 16.8 Å². The fraction of sp³-hybridized carbons (Fsp3) is 0.333. The Kier molecular flexibility index (Phi) is 4.94. The normalized spacial score (nSPS) is 19.7. The fourth-order valence-electron chi connectivity index (χ4n) is 3.55. The van der Waals surface area contributed by atoms with Crippen LogP contribution in [0, 0.1) is 5.92 Å². The highest BCUT2D eigenvalue weighted by Crippen LogP contribution is 2.49. The van der Waals surface area contributed by atoms with E-state index in [0.717, 1.165) is 17.3 Å². The van der Waals surface area contributed by atoms with Gasteiger partial charge in [-0.25, -0.2) is 4.98 Å². The number of aromatic amines is 1. The van der Waals surface area contributed by atoms with E-state index >= 15 is 0 Å². The van der Waals surface area contributed by atoms with Gasteiger partial charge in [0.1, 0.15) is 0 Å². The first-order valence-electron chi connectivity index (χ1n) is 9.34. The van der Waals surface area contributed by atoms with Gasteiger partial charge in [0.15, 0.2) is 6.61 Å². The number of carbonyl (C=O) groups is 1. The molecule has 1 fully saturated rings. The lowest BCUT2D eigenvalue weighted by Crippen LogP contribution is -2.28. The number of rotatable bonds is 6. The lowest BCUT2D eigenvalue weighted by Gasteiger charge is -2.15. The highest BCUT2D eigenvalue weighted by atomic mass is 19.4. The van der Waals surface area contributed by atoms with Gasteiger partial charge in [0.2, 0.25) is 11.8 Å². The van der Waals surface area contributed by atoms with Crippen molar-refractivity contribution in [2.75, 3.05) is 6.61 Å². The number of amides is 1. The summed E-state index contributed by atoms with van der Waals surface area (Å²) in [7, 11) is 0. The molecule has 0 saturated heterocycles. The molecule has 1 aliphatic rings. The minimum absolute atomic E-state index is 0.0348. The van der Waals surface area contributed by atoms with Crippen LogP contribution >= 0.6 is 0 Å². The lowest BCUT2D eigenvalue weighted by molar-refractivity contribution is -0.154. The van der Waals surface area contributed by atoms with Crippen LogP contribution < -0.4 is 10.1 Å². The van der Waals surface area contributed by atoms with Gasteiger partial charge in [-0.05, 0) is 42.5 Å². The van der Waals surface area contributed by atoms with E-state index in [-0.39, 0.29) is 29.7 Å². The highest BCUT2D eigenvalue weighted by Gasteiger charge is 2.44. The molecule has 0 spiro atoms. The second-order valence-electron chi connectivity index (χ2n) is 7.30. The van der Waals surface area contributed by atoms with E-state index in [4.69, 9.17) is 0 Å². The molecule has 3 aromatic rings. The summed E-state index contributed by atoms with van der Waals surface area (Å²) in [4.78, 5) is 19.7.